The van der Waals surface area contributed by atoms with E-state index in [0.29, 0.717) is 13.1 Å². The Hall–Kier alpha value is -1.88. The van der Waals surface area contributed by atoms with Crippen LogP contribution in [-0.2, 0) is 17.9 Å². The zero-order valence-electron chi connectivity index (χ0n) is 11.5. The number of rotatable bonds is 3. The Labute approximate surface area is 112 Å². The molecule has 1 fully saturated rings. The Balaban J connectivity index is 2.22. The van der Waals surface area contributed by atoms with Crippen LogP contribution < -0.4 is 11.1 Å². The van der Waals surface area contributed by atoms with E-state index in [0.717, 1.165) is 16.7 Å². The Morgan fingerprint density at radius 3 is 2.47 bits per heavy atom. The van der Waals surface area contributed by atoms with Gasteiger partial charge in [-0.05, 0) is 37.5 Å². The van der Waals surface area contributed by atoms with Crippen LogP contribution in [-0.4, -0.2) is 22.4 Å². The monoisotopic (exact) mass is 261 g/mol. The summed E-state index contributed by atoms with van der Waals surface area (Å²) < 4.78 is 0. The van der Waals surface area contributed by atoms with Gasteiger partial charge < -0.3 is 11.1 Å². The van der Waals surface area contributed by atoms with Crippen LogP contribution in [0.5, 0.6) is 0 Å². The molecule has 0 aliphatic carbocycles. The fraction of sp³-hybridized carbons (Fsp3) is 0.429. The molecule has 1 aromatic rings. The third kappa shape index (κ3) is 2.46. The summed E-state index contributed by atoms with van der Waals surface area (Å²) in [5.41, 5.74) is 7.80. The molecule has 3 amide bonds. The summed E-state index contributed by atoms with van der Waals surface area (Å²) in [6, 6.07) is 5.49. The number of carbonyl (C=O) groups is 2. The van der Waals surface area contributed by atoms with E-state index in [4.69, 9.17) is 5.73 Å². The van der Waals surface area contributed by atoms with Crippen molar-refractivity contribution < 1.29 is 9.59 Å². The number of hydrogen-bond acceptors (Lipinski definition) is 3. The minimum Gasteiger partial charge on any atom is -0.326 e. The summed E-state index contributed by atoms with van der Waals surface area (Å²) in [5, 5.41) is 2.67. The van der Waals surface area contributed by atoms with Gasteiger partial charge in [-0.1, -0.05) is 18.2 Å². The number of benzene rings is 1. The molecular weight excluding hydrogens is 242 g/mol. The lowest BCUT2D eigenvalue weighted by Gasteiger charge is -2.17. The SMILES string of the molecule is Cc1cc(CN)ccc1CN1C(=O)NC(C)(C)C1=O. The van der Waals surface area contributed by atoms with Gasteiger partial charge in [0, 0.05) is 6.54 Å². The Morgan fingerprint density at radius 1 is 1.32 bits per heavy atom. The van der Waals surface area contributed by atoms with Gasteiger partial charge in [-0.25, -0.2) is 4.79 Å². The second-order valence-corrected chi connectivity index (χ2v) is 5.41. The van der Waals surface area contributed by atoms with E-state index in [9.17, 15) is 9.59 Å². The Bertz CT molecular complexity index is 537. The number of imide groups is 1. The molecule has 1 heterocycles. The van der Waals surface area contributed by atoms with E-state index in [-0.39, 0.29) is 11.9 Å². The summed E-state index contributed by atoms with van der Waals surface area (Å²) in [4.78, 5) is 25.2. The van der Waals surface area contributed by atoms with Crippen LogP contribution in [0.2, 0.25) is 0 Å². The second kappa shape index (κ2) is 4.66. The minimum atomic E-state index is -0.817. The first-order valence-corrected chi connectivity index (χ1v) is 6.28. The van der Waals surface area contributed by atoms with Crippen molar-refractivity contribution in [3.05, 3.63) is 34.9 Å². The third-order valence-electron chi connectivity index (χ3n) is 3.42. The highest BCUT2D eigenvalue weighted by Gasteiger charge is 2.44. The predicted molar refractivity (Wildman–Crippen MR) is 72.2 cm³/mol. The summed E-state index contributed by atoms with van der Waals surface area (Å²) in [7, 11) is 0. The van der Waals surface area contributed by atoms with Crippen LogP contribution >= 0.6 is 0 Å². The number of amides is 3. The van der Waals surface area contributed by atoms with Crippen molar-refractivity contribution >= 4 is 11.9 Å². The van der Waals surface area contributed by atoms with Gasteiger partial charge in [0.1, 0.15) is 5.54 Å². The van der Waals surface area contributed by atoms with E-state index in [1.807, 2.05) is 25.1 Å². The lowest BCUT2D eigenvalue weighted by molar-refractivity contribution is -0.130. The summed E-state index contributed by atoms with van der Waals surface area (Å²) >= 11 is 0. The molecule has 0 aromatic heterocycles. The van der Waals surface area contributed by atoms with Gasteiger partial charge in [-0.15, -0.1) is 0 Å². The van der Waals surface area contributed by atoms with Gasteiger partial charge in [0.05, 0.1) is 6.54 Å². The van der Waals surface area contributed by atoms with E-state index < -0.39 is 5.54 Å². The van der Waals surface area contributed by atoms with Gasteiger partial charge in [0.15, 0.2) is 0 Å². The van der Waals surface area contributed by atoms with Crippen molar-refractivity contribution in [2.24, 2.45) is 5.73 Å². The molecule has 1 aliphatic heterocycles. The largest absolute Gasteiger partial charge is 0.326 e. The van der Waals surface area contributed by atoms with Crippen molar-refractivity contribution in [1.29, 1.82) is 0 Å². The number of urea groups is 1. The zero-order chi connectivity index (χ0) is 14.2. The molecule has 5 heteroatoms. The predicted octanol–water partition coefficient (Wildman–Crippen LogP) is 1.28. The van der Waals surface area contributed by atoms with Crippen molar-refractivity contribution in [1.82, 2.24) is 10.2 Å². The first kappa shape index (κ1) is 13.5. The highest BCUT2D eigenvalue weighted by molar-refractivity contribution is 6.06. The summed E-state index contributed by atoms with van der Waals surface area (Å²) in [6.45, 7) is 6.15. The van der Waals surface area contributed by atoms with Gasteiger partial charge in [-0.2, -0.15) is 0 Å². The first-order chi connectivity index (χ1) is 8.85. The fourth-order valence-electron chi connectivity index (χ4n) is 2.19. The fourth-order valence-corrected chi connectivity index (χ4v) is 2.19. The number of nitrogens with two attached hydrogens (primary N) is 1. The number of aryl methyl sites for hydroxylation is 1. The molecule has 2 rings (SSSR count). The third-order valence-corrected chi connectivity index (χ3v) is 3.42. The Kier molecular flexibility index (Phi) is 3.32. The van der Waals surface area contributed by atoms with Crippen molar-refractivity contribution in [2.75, 3.05) is 0 Å². The van der Waals surface area contributed by atoms with Gasteiger partial charge >= 0.3 is 6.03 Å². The van der Waals surface area contributed by atoms with E-state index in [1.54, 1.807) is 13.8 Å². The average Bonchev–Trinajstić information content (AvgIpc) is 2.53. The second-order valence-electron chi connectivity index (χ2n) is 5.41. The normalized spacial score (nSPS) is 17.8. The van der Waals surface area contributed by atoms with Crippen LogP contribution in [0.3, 0.4) is 0 Å². The minimum absolute atomic E-state index is 0.195. The van der Waals surface area contributed by atoms with E-state index in [2.05, 4.69) is 5.32 Å². The van der Waals surface area contributed by atoms with Crippen LogP contribution in [0.4, 0.5) is 4.79 Å². The molecule has 0 saturated carbocycles. The first-order valence-electron chi connectivity index (χ1n) is 6.28. The number of carbonyl (C=O) groups excluding carboxylic acids is 2. The zero-order valence-corrected chi connectivity index (χ0v) is 11.5. The van der Waals surface area contributed by atoms with Crippen molar-refractivity contribution in [2.45, 2.75) is 39.4 Å². The molecule has 102 valence electrons. The molecule has 5 nitrogen and oxygen atoms in total. The van der Waals surface area contributed by atoms with Gasteiger partial charge in [0.25, 0.3) is 5.91 Å². The van der Waals surface area contributed by atoms with Crippen molar-refractivity contribution in [3.8, 4) is 0 Å². The Morgan fingerprint density at radius 2 is 2.00 bits per heavy atom. The highest BCUT2D eigenvalue weighted by Crippen LogP contribution is 2.21. The molecule has 1 saturated heterocycles. The molecule has 3 N–H and O–H groups in total. The molecular formula is C14H19N3O2. The van der Waals surface area contributed by atoms with Crippen LogP contribution in [0.15, 0.2) is 18.2 Å². The topological polar surface area (TPSA) is 75.4 Å². The molecule has 1 aliphatic rings. The maximum atomic E-state index is 12.1. The summed E-state index contributed by atoms with van der Waals surface area (Å²) in [5.74, 6) is -0.195. The maximum Gasteiger partial charge on any atom is 0.325 e. The average molecular weight is 261 g/mol. The molecule has 19 heavy (non-hydrogen) atoms. The standard InChI is InChI=1S/C14H19N3O2/c1-9-6-10(7-15)4-5-11(9)8-17-12(18)14(2,3)16-13(17)19/h4-6H,7-8,15H2,1-3H3,(H,16,19). The van der Waals surface area contributed by atoms with Crippen molar-refractivity contribution in [3.63, 3.8) is 0 Å². The number of hydrogen-bond donors (Lipinski definition) is 2. The van der Waals surface area contributed by atoms with Crippen LogP contribution in [0.1, 0.15) is 30.5 Å². The van der Waals surface area contributed by atoms with Crippen LogP contribution in [0, 0.1) is 6.92 Å². The smallest absolute Gasteiger partial charge is 0.325 e. The van der Waals surface area contributed by atoms with E-state index >= 15 is 0 Å². The quantitative estimate of drug-likeness (QED) is 0.805. The molecule has 0 radical (unpaired) electrons. The molecule has 1 aromatic carbocycles. The molecule has 0 spiro atoms. The van der Waals surface area contributed by atoms with Gasteiger partial charge in [0.2, 0.25) is 0 Å². The lowest BCUT2D eigenvalue weighted by Crippen LogP contribution is -2.40. The van der Waals surface area contributed by atoms with Crippen LogP contribution in [0.25, 0.3) is 0 Å². The number of nitrogens with zero attached hydrogens (tertiary/aromatic N) is 1. The van der Waals surface area contributed by atoms with Gasteiger partial charge in [-0.3, -0.25) is 9.69 Å². The lowest BCUT2D eigenvalue weighted by atomic mass is 10.0. The highest BCUT2D eigenvalue weighted by atomic mass is 16.2. The maximum absolute atomic E-state index is 12.1. The summed E-state index contributed by atoms with van der Waals surface area (Å²) in [6.07, 6.45) is 0. The molecule has 0 atom stereocenters. The molecule has 0 unspecified atom stereocenters. The molecule has 0 bridgehead atoms. The number of nitrogens with one attached hydrogen (secondary N) is 1. The van der Waals surface area contributed by atoms with E-state index in [1.165, 1.54) is 4.90 Å².